The Morgan fingerprint density at radius 2 is 1.76 bits per heavy atom. The number of guanidine groups is 1. The first-order valence-corrected chi connectivity index (χ1v) is 10.4. The second-order valence-electron chi connectivity index (χ2n) is 7.66. The average Bonchev–Trinajstić information content (AvgIpc) is 3.31. The SMILES string of the molecule is CN=C(NCCCn1nc(C)cc1C)NCc1ccc(CN2CCCC2)cc1.I. The summed E-state index contributed by atoms with van der Waals surface area (Å²) in [7, 11) is 1.81. The van der Waals surface area contributed by atoms with Gasteiger partial charge in [0.15, 0.2) is 5.96 Å². The maximum Gasteiger partial charge on any atom is 0.191 e. The number of aryl methyl sites for hydroxylation is 3. The lowest BCUT2D eigenvalue weighted by Gasteiger charge is -2.15. The third kappa shape index (κ3) is 7.62. The van der Waals surface area contributed by atoms with Gasteiger partial charge in [-0.25, -0.2) is 0 Å². The molecule has 0 atom stereocenters. The molecule has 6 nitrogen and oxygen atoms in total. The number of halogens is 1. The van der Waals surface area contributed by atoms with Crippen molar-refractivity contribution >= 4 is 29.9 Å². The molecule has 1 aromatic carbocycles. The maximum absolute atomic E-state index is 4.50. The summed E-state index contributed by atoms with van der Waals surface area (Å²) in [5, 5.41) is 11.3. The van der Waals surface area contributed by atoms with E-state index in [-0.39, 0.29) is 24.0 Å². The Bertz CT molecular complexity index is 762. The first kappa shape index (κ1) is 23.7. The van der Waals surface area contributed by atoms with Crippen molar-refractivity contribution in [2.24, 2.45) is 4.99 Å². The van der Waals surface area contributed by atoms with Crippen LogP contribution < -0.4 is 10.6 Å². The Hall–Kier alpha value is -1.61. The lowest BCUT2D eigenvalue weighted by atomic mass is 10.1. The van der Waals surface area contributed by atoms with Crippen molar-refractivity contribution in [1.82, 2.24) is 25.3 Å². The van der Waals surface area contributed by atoms with Gasteiger partial charge < -0.3 is 10.6 Å². The van der Waals surface area contributed by atoms with Crippen molar-refractivity contribution in [3.63, 3.8) is 0 Å². The summed E-state index contributed by atoms with van der Waals surface area (Å²) in [5.74, 6) is 0.842. The quantitative estimate of drug-likeness (QED) is 0.247. The van der Waals surface area contributed by atoms with Gasteiger partial charge in [0.2, 0.25) is 0 Å². The number of aromatic nitrogens is 2. The summed E-state index contributed by atoms with van der Waals surface area (Å²) < 4.78 is 2.07. The van der Waals surface area contributed by atoms with Gasteiger partial charge in [-0.15, -0.1) is 24.0 Å². The second kappa shape index (κ2) is 12.2. The van der Waals surface area contributed by atoms with Crippen LogP contribution in [0.4, 0.5) is 0 Å². The normalized spacial score (nSPS) is 14.7. The molecule has 2 heterocycles. The van der Waals surface area contributed by atoms with E-state index in [4.69, 9.17) is 0 Å². The molecule has 3 rings (SSSR count). The minimum absolute atomic E-state index is 0. The van der Waals surface area contributed by atoms with Crippen molar-refractivity contribution in [1.29, 1.82) is 0 Å². The Morgan fingerprint density at radius 1 is 1.07 bits per heavy atom. The van der Waals surface area contributed by atoms with Crippen LogP contribution in [-0.4, -0.2) is 47.3 Å². The number of aliphatic imine (C=N–C) groups is 1. The zero-order valence-corrected chi connectivity index (χ0v) is 20.3. The van der Waals surface area contributed by atoms with Crippen LogP contribution >= 0.6 is 24.0 Å². The highest BCUT2D eigenvalue weighted by Gasteiger charge is 2.11. The highest BCUT2D eigenvalue weighted by molar-refractivity contribution is 14.0. The number of likely N-dealkylation sites (tertiary alicyclic amines) is 1. The zero-order valence-electron chi connectivity index (χ0n) is 17.9. The van der Waals surface area contributed by atoms with Crippen LogP contribution in [-0.2, 0) is 19.6 Å². The van der Waals surface area contributed by atoms with Crippen LogP contribution in [0, 0.1) is 13.8 Å². The fourth-order valence-electron chi connectivity index (χ4n) is 3.70. The van der Waals surface area contributed by atoms with E-state index in [2.05, 4.69) is 67.6 Å². The van der Waals surface area contributed by atoms with Gasteiger partial charge in [-0.2, -0.15) is 5.10 Å². The third-order valence-electron chi connectivity index (χ3n) is 5.25. The Kier molecular flexibility index (Phi) is 9.93. The van der Waals surface area contributed by atoms with Crippen LogP contribution in [0.3, 0.4) is 0 Å². The molecule has 0 radical (unpaired) electrons. The standard InChI is InChI=1S/C22H34N6.HI/c1-18-15-19(2)28(26-18)14-6-11-24-22(23-3)25-16-20-7-9-21(10-8-20)17-27-12-4-5-13-27;/h7-10,15H,4-6,11-14,16-17H2,1-3H3,(H2,23,24,25);1H. The molecule has 7 heteroatoms. The van der Waals surface area contributed by atoms with Crippen LogP contribution in [0.1, 0.15) is 41.8 Å². The fourth-order valence-corrected chi connectivity index (χ4v) is 3.70. The summed E-state index contributed by atoms with van der Waals surface area (Å²) >= 11 is 0. The Balaban J connectivity index is 0.00000300. The maximum atomic E-state index is 4.50. The second-order valence-corrected chi connectivity index (χ2v) is 7.66. The smallest absolute Gasteiger partial charge is 0.191 e. The van der Waals surface area contributed by atoms with Gasteiger partial charge in [-0.05, 0) is 63.4 Å². The first-order chi connectivity index (χ1) is 13.6. The van der Waals surface area contributed by atoms with Gasteiger partial charge in [-0.1, -0.05) is 24.3 Å². The topological polar surface area (TPSA) is 57.5 Å². The van der Waals surface area contributed by atoms with E-state index in [0.717, 1.165) is 44.3 Å². The molecule has 2 aromatic rings. The van der Waals surface area contributed by atoms with Crippen LogP contribution in [0.15, 0.2) is 35.3 Å². The number of rotatable bonds is 8. The first-order valence-electron chi connectivity index (χ1n) is 10.4. The molecule has 2 N–H and O–H groups in total. The molecule has 0 spiro atoms. The molecular weight excluding hydrogens is 475 g/mol. The van der Waals surface area contributed by atoms with Gasteiger partial charge in [0.05, 0.1) is 5.69 Å². The highest BCUT2D eigenvalue weighted by Crippen LogP contribution is 2.13. The van der Waals surface area contributed by atoms with E-state index in [9.17, 15) is 0 Å². The van der Waals surface area contributed by atoms with Gasteiger partial charge in [0.1, 0.15) is 0 Å². The van der Waals surface area contributed by atoms with Gasteiger partial charge in [0.25, 0.3) is 0 Å². The van der Waals surface area contributed by atoms with Crippen molar-refractivity contribution in [2.75, 3.05) is 26.7 Å². The molecule has 1 aliphatic heterocycles. The van der Waals surface area contributed by atoms with E-state index in [1.165, 1.54) is 42.8 Å². The number of benzene rings is 1. The van der Waals surface area contributed by atoms with E-state index < -0.39 is 0 Å². The lowest BCUT2D eigenvalue weighted by Crippen LogP contribution is -2.37. The van der Waals surface area contributed by atoms with Gasteiger partial charge in [0, 0.05) is 38.9 Å². The molecule has 1 fully saturated rings. The molecule has 1 saturated heterocycles. The Morgan fingerprint density at radius 3 is 2.38 bits per heavy atom. The van der Waals surface area contributed by atoms with Crippen molar-refractivity contribution in [3.8, 4) is 0 Å². The summed E-state index contributed by atoms with van der Waals surface area (Å²) in [4.78, 5) is 6.85. The summed E-state index contributed by atoms with van der Waals surface area (Å²) in [6, 6.07) is 11.0. The van der Waals surface area contributed by atoms with Crippen molar-refractivity contribution < 1.29 is 0 Å². The minimum atomic E-state index is 0. The molecule has 1 aliphatic rings. The molecule has 29 heavy (non-hydrogen) atoms. The number of nitrogens with zero attached hydrogens (tertiary/aromatic N) is 4. The predicted molar refractivity (Wildman–Crippen MR) is 131 cm³/mol. The van der Waals surface area contributed by atoms with E-state index in [0.29, 0.717) is 0 Å². The van der Waals surface area contributed by atoms with Gasteiger partial charge in [-0.3, -0.25) is 14.6 Å². The van der Waals surface area contributed by atoms with Gasteiger partial charge >= 0.3 is 0 Å². The molecule has 0 saturated carbocycles. The van der Waals surface area contributed by atoms with E-state index in [1.807, 2.05) is 14.0 Å². The molecule has 0 bridgehead atoms. The van der Waals surface area contributed by atoms with Crippen LogP contribution in [0.5, 0.6) is 0 Å². The Labute approximate surface area is 192 Å². The molecule has 0 amide bonds. The number of hydrogen-bond acceptors (Lipinski definition) is 3. The summed E-state index contributed by atoms with van der Waals surface area (Å²) in [6.07, 6.45) is 3.69. The van der Waals surface area contributed by atoms with Crippen molar-refractivity contribution in [3.05, 3.63) is 52.8 Å². The zero-order chi connectivity index (χ0) is 19.8. The van der Waals surface area contributed by atoms with Crippen molar-refractivity contribution in [2.45, 2.75) is 52.7 Å². The molecule has 160 valence electrons. The highest BCUT2D eigenvalue weighted by atomic mass is 127. The third-order valence-corrected chi connectivity index (χ3v) is 5.25. The fraction of sp³-hybridized carbons (Fsp3) is 0.545. The summed E-state index contributed by atoms with van der Waals surface area (Å²) in [6.45, 7) is 10.3. The summed E-state index contributed by atoms with van der Waals surface area (Å²) in [5.41, 5.74) is 4.97. The monoisotopic (exact) mass is 510 g/mol. The molecule has 1 aromatic heterocycles. The average molecular weight is 510 g/mol. The van der Waals surface area contributed by atoms with E-state index >= 15 is 0 Å². The number of nitrogens with one attached hydrogen (secondary N) is 2. The number of hydrogen-bond donors (Lipinski definition) is 2. The lowest BCUT2D eigenvalue weighted by molar-refractivity contribution is 0.331. The van der Waals surface area contributed by atoms with Crippen LogP contribution in [0.25, 0.3) is 0 Å². The largest absolute Gasteiger partial charge is 0.356 e. The van der Waals surface area contributed by atoms with E-state index in [1.54, 1.807) is 0 Å². The molecule has 0 unspecified atom stereocenters. The van der Waals surface area contributed by atoms with Crippen LogP contribution in [0.2, 0.25) is 0 Å². The molecule has 0 aliphatic carbocycles. The minimum Gasteiger partial charge on any atom is -0.356 e. The predicted octanol–water partition coefficient (Wildman–Crippen LogP) is 3.47. The molecular formula is C22H35IN6.